The second kappa shape index (κ2) is 7.77. The third kappa shape index (κ3) is 4.75. The van der Waals surface area contributed by atoms with Crippen molar-refractivity contribution in [1.82, 2.24) is 4.90 Å². The molecular formula is C16H18N4O4S2. The summed E-state index contributed by atoms with van der Waals surface area (Å²) >= 11 is 5.37. The summed E-state index contributed by atoms with van der Waals surface area (Å²) in [5, 5.41) is 19.2. The molecule has 2 aromatic rings. The van der Waals surface area contributed by atoms with E-state index in [0.717, 1.165) is 5.56 Å². The van der Waals surface area contributed by atoms with Crippen LogP contribution in [-0.4, -0.2) is 30.4 Å². The predicted octanol–water partition coefficient (Wildman–Crippen LogP) is 2.63. The lowest BCUT2D eigenvalue weighted by Crippen LogP contribution is -2.33. The molecule has 1 atom stereocenters. The number of hydrogen-bond donors (Lipinski definition) is 2. The van der Waals surface area contributed by atoms with Gasteiger partial charge < -0.3 is 10.2 Å². The van der Waals surface area contributed by atoms with Crippen molar-refractivity contribution >= 4 is 38.7 Å². The zero-order valence-electron chi connectivity index (χ0n) is 14.1. The molecule has 0 amide bonds. The van der Waals surface area contributed by atoms with Crippen LogP contribution in [0.15, 0.2) is 53.4 Å². The number of non-ortho nitro benzene ring substituents is 1. The van der Waals surface area contributed by atoms with E-state index in [4.69, 9.17) is 17.4 Å². The average Bonchev–Trinajstić information content (AvgIpc) is 2.60. The van der Waals surface area contributed by atoms with E-state index in [1.165, 1.54) is 24.3 Å². The Kier molecular flexibility index (Phi) is 5.90. The molecule has 2 rings (SSSR count). The highest BCUT2D eigenvalue weighted by Gasteiger charge is 2.16. The van der Waals surface area contributed by atoms with Crippen molar-refractivity contribution in [1.29, 1.82) is 0 Å². The van der Waals surface area contributed by atoms with Gasteiger partial charge in [0.1, 0.15) is 0 Å². The lowest BCUT2D eigenvalue weighted by molar-refractivity contribution is -0.384. The Labute approximate surface area is 156 Å². The number of nitrogens with zero attached hydrogens (tertiary/aromatic N) is 2. The topological polar surface area (TPSA) is 119 Å². The van der Waals surface area contributed by atoms with E-state index in [2.05, 4.69) is 5.32 Å². The van der Waals surface area contributed by atoms with Crippen LogP contribution in [0, 0.1) is 10.1 Å². The molecule has 0 fully saturated rings. The smallest absolute Gasteiger partial charge is 0.269 e. The molecule has 2 aromatic carbocycles. The lowest BCUT2D eigenvalue weighted by atomic mass is 10.1. The molecule has 0 radical (unpaired) electrons. The van der Waals surface area contributed by atoms with E-state index in [1.54, 1.807) is 36.2 Å². The molecule has 0 spiro atoms. The maximum atomic E-state index is 11.3. The number of nitrogens with one attached hydrogen (secondary N) is 1. The van der Waals surface area contributed by atoms with E-state index in [0.29, 0.717) is 10.8 Å². The van der Waals surface area contributed by atoms with Gasteiger partial charge in [0.05, 0.1) is 15.9 Å². The normalized spacial score (nSPS) is 12.3. The quantitative estimate of drug-likeness (QED) is 0.454. The van der Waals surface area contributed by atoms with Gasteiger partial charge in [-0.25, -0.2) is 13.6 Å². The molecule has 10 heteroatoms. The molecule has 138 valence electrons. The van der Waals surface area contributed by atoms with Crippen molar-refractivity contribution in [2.75, 3.05) is 12.4 Å². The van der Waals surface area contributed by atoms with Gasteiger partial charge in [0.2, 0.25) is 10.0 Å². The summed E-state index contributed by atoms with van der Waals surface area (Å²) in [5.41, 5.74) is 1.48. The van der Waals surface area contributed by atoms with Crippen molar-refractivity contribution < 1.29 is 13.3 Å². The van der Waals surface area contributed by atoms with Gasteiger partial charge >= 0.3 is 0 Å². The Morgan fingerprint density at radius 2 is 1.73 bits per heavy atom. The maximum absolute atomic E-state index is 11.3. The highest BCUT2D eigenvalue weighted by atomic mass is 32.2. The molecule has 0 aliphatic rings. The van der Waals surface area contributed by atoms with Crippen molar-refractivity contribution in [2.24, 2.45) is 5.14 Å². The summed E-state index contributed by atoms with van der Waals surface area (Å²) in [7, 11) is -1.94. The number of nitro benzene ring substituents is 1. The molecular weight excluding hydrogens is 376 g/mol. The Morgan fingerprint density at radius 1 is 1.19 bits per heavy atom. The third-order valence-corrected chi connectivity index (χ3v) is 5.24. The Morgan fingerprint density at radius 3 is 2.19 bits per heavy atom. The fourth-order valence-corrected chi connectivity index (χ4v) is 3.01. The van der Waals surface area contributed by atoms with Crippen molar-refractivity contribution in [3.8, 4) is 0 Å². The van der Waals surface area contributed by atoms with E-state index >= 15 is 0 Å². The molecule has 0 aromatic heterocycles. The maximum Gasteiger partial charge on any atom is 0.269 e. The van der Waals surface area contributed by atoms with Crippen LogP contribution in [0.4, 0.5) is 11.4 Å². The van der Waals surface area contributed by atoms with Crippen molar-refractivity contribution in [2.45, 2.75) is 17.9 Å². The van der Waals surface area contributed by atoms with Gasteiger partial charge in [-0.15, -0.1) is 0 Å². The van der Waals surface area contributed by atoms with Gasteiger partial charge in [-0.2, -0.15) is 0 Å². The minimum Gasteiger partial charge on any atom is -0.345 e. The van der Waals surface area contributed by atoms with Crippen LogP contribution >= 0.6 is 12.2 Å². The number of hydrogen-bond acceptors (Lipinski definition) is 5. The van der Waals surface area contributed by atoms with E-state index in [1.807, 2.05) is 6.92 Å². The number of nitrogens with two attached hydrogens (primary N) is 1. The Balaban J connectivity index is 2.08. The van der Waals surface area contributed by atoms with Gasteiger partial charge in [-0.3, -0.25) is 10.1 Å². The summed E-state index contributed by atoms with van der Waals surface area (Å²) in [6, 6.07) is 12.0. The molecule has 0 unspecified atom stereocenters. The van der Waals surface area contributed by atoms with Gasteiger partial charge in [0.15, 0.2) is 5.11 Å². The SMILES string of the molecule is C[C@@H](c1ccc(S(N)(=O)=O)cc1)N(C)C(=S)Nc1ccc([N+](=O)[O-])cc1. The average molecular weight is 394 g/mol. The van der Waals surface area contributed by atoms with Gasteiger partial charge in [0, 0.05) is 24.9 Å². The molecule has 0 saturated heterocycles. The number of benzene rings is 2. The summed E-state index contributed by atoms with van der Waals surface area (Å²) in [6.45, 7) is 1.91. The molecule has 0 heterocycles. The number of rotatable bonds is 5. The summed E-state index contributed by atoms with van der Waals surface area (Å²) < 4.78 is 22.6. The van der Waals surface area contributed by atoms with Crippen molar-refractivity contribution in [3.05, 3.63) is 64.2 Å². The molecule has 0 bridgehead atoms. The number of thiocarbonyl (C=S) groups is 1. The van der Waals surface area contributed by atoms with Gasteiger partial charge in [-0.1, -0.05) is 12.1 Å². The van der Waals surface area contributed by atoms with Crippen LogP contribution in [0.25, 0.3) is 0 Å². The standard InChI is InChI=1S/C16H18N4O4S2/c1-11(12-3-9-15(10-4-12)26(17,23)24)19(2)16(25)18-13-5-7-14(8-6-13)20(21)22/h3-11H,1-2H3,(H,18,25)(H2,17,23,24)/t11-/m0/s1. The fourth-order valence-electron chi connectivity index (χ4n) is 2.21. The Hall–Kier alpha value is -2.56. The molecule has 0 aliphatic carbocycles. The number of sulfonamides is 1. The first kappa shape index (κ1) is 19.8. The van der Waals surface area contributed by atoms with Gasteiger partial charge in [0.25, 0.3) is 5.69 Å². The van der Waals surface area contributed by atoms with E-state index in [9.17, 15) is 18.5 Å². The summed E-state index contributed by atoms with van der Waals surface area (Å²) in [5.74, 6) is 0. The largest absolute Gasteiger partial charge is 0.345 e. The lowest BCUT2D eigenvalue weighted by Gasteiger charge is -2.28. The third-order valence-electron chi connectivity index (χ3n) is 3.92. The van der Waals surface area contributed by atoms with Crippen LogP contribution in [0.5, 0.6) is 0 Å². The summed E-state index contributed by atoms with van der Waals surface area (Å²) in [6.07, 6.45) is 0. The number of nitro groups is 1. The fraction of sp³-hybridized carbons (Fsp3) is 0.188. The number of anilines is 1. The minimum absolute atomic E-state index is 0.00173. The van der Waals surface area contributed by atoms with Crippen LogP contribution in [0.2, 0.25) is 0 Å². The zero-order chi connectivity index (χ0) is 19.5. The highest BCUT2D eigenvalue weighted by Crippen LogP contribution is 2.22. The summed E-state index contributed by atoms with van der Waals surface area (Å²) in [4.78, 5) is 12.0. The van der Waals surface area contributed by atoms with Crippen LogP contribution in [-0.2, 0) is 10.0 Å². The van der Waals surface area contributed by atoms with E-state index < -0.39 is 14.9 Å². The predicted molar refractivity (Wildman–Crippen MR) is 103 cm³/mol. The highest BCUT2D eigenvalue weighted by molar-refractivity contribution is 7.89. The zero-order valence-corrected chi connectivity index (χ0v) is 15.8. The second-order valence-electron chi connectivity index (χ2n) is 5.64. The van der Waals surface area contributed by atoms with Crippen molar-refractivity contribution in [3.63, 3.8) is 0 Å². The first-order chi connectivity index (χ1) is 12.1. The van der Waals surface area contributed by atoms with Gasteiger partial charge in [-0.05, 0) is 49.0 Å². The minimum atomic E-state index is -3.73. The monoisotopic (exact) mass is 394 g/mol. The van der Waals surface area contributed by atoms with E-state index in [-0.39, 0.29) is 16.6 Å². The first-order valence-electron chi connectivity index (χ1n) is 7.50. The molecule has 0 saturated carbocycles. The number of primary sulfonamides is 1. The molecule has 8 nitrogen and oxygen atoms in total. The second-order valence-corrected chi connectivity index (χ2v) is 7.58. The van der Waals surface area contributed by atoms with Crippen LogP contribution < -0.4 is 10.5 Å². The van der Waals surface area contributed by atoms with Crippen LogP contribution in [0.3, 0.4) is 0 Å². The first-order valence-corrected chi connectivity index (χ1v) is 9.46. The van der Waals surface area contributed by atoms with Crippen LogP contribution in [0.1, 0.15) is 18.5 Å². The Bertz CT molecular complexity index is 912. The molecule has 0 aliphatic heterocycles. The molecule has 26 heavy (non-hydrogen) atoms. The molecule has 3 N–H and O–H groups in total.